The van der Waals surface area contributed by atoms with Gasteiger partial charge in [0.1, 0.15) is 12.4 Å². The van der Waals surface area contributed by atoms with Crippen LogP contribution in [-0.4, -0.2) is 25.0 Å². The summed E-state index contributed by atoms with van der Waals surface area (Å²) >= 11 is 0. The summed E-state index contributed by atoms with van der Waals surface area (Å²) in [6.07, 6.45) is -0.635. The third-order valence-corrected chi connectivity index (χ3v) is 3.31. The molecule has 0 aliphatic carbocycles. The summed E-state index contributed by atoms with van der Waals surface area (Å²) in [6.45, 7) is 1.76. The first-order chi connectivity index (χ1) is 11.1. The lowest BCUT2D eigenvalue weighted by molar-refractivity contribution is 0.0923. The van der Waals surface area contributed by atoms with E-state index in [9.17, 15) is 9.59 Å². The van der Waals surface area contributed by atoms with Crippen molar-refractivity contribution < 1.29 is 19.1 Å². The van der Waals surface area contributed by atoms with Crippen molar-refractivity contribution in [2.24, 2.45) is 0 Å². The van der Waals surface area contributed by atoms with E-state index >= 15 is 0 Å². The maximum Gasteiger partial charge on any atom is 0.408 e. The average Bonchev–Trinajstić information content (AvgIpc) is 2.60. The molecule has 0 aliphatic heterocycles. The molecule has 0 aliphatic rings. The van der Waals surface area contributed by atoms with Gasteiger partial charge in [-0.2, -0.15) is 0 Å². The standard InChI is InChI=1S/C18H19NO4/c1-13(17(20)15-10-6-7-11-16(15)22-2)19-18(21)23-12-14-8-4-3-5-9-14/h3-11,13H,12H2,1-2H3,(H,19,21). The minimum atomic E-state index is -0.713. The molecule has 2 aromatic carbocycles. The van der Waals surface area contributed by atoms with E-state index in [1.54, 1.807) is 31.2 Å². The Kier molecular flexibility index (Phi) is 5.74. The van der Waals surface area contributed by atoms with E-state index < -0.39 is 12.1 Å². The molecule has 5 heteroatoms. The van der Waals surface area contributed by atoms with E-state index in [1.165, 1.54) is 7.11 Å². The predicted molar refractivity (Wildman–Crippen MR) is 86.5 cm³/mol. The summed E-state index contributed by atoms with van der Waals surface area (Å²) in [5.74, 6) is 0.239. The minimum absolute atomic E-state index is 0.155. The van der Waals surface area contributed by atoms with Crippen LogP contribution < -0.4 is 10.1 Å². The second-order valence-electron chi connectivity index (χ2n) is 4.99. The van der Waals surface area contributed by atoms with Crippen LogP contribution in [0.3, 0.4) is 0 Å². The van der Waals surface area contributed by atoms with Crippen LogP contribution in [0.25, 0.3) is 0 Å². The number of alkyl carbamates (subject to hydrolysis) is 1. The van der Waals surface area contributed by atoms with E-state index in [4.69, 9.17) is 9.47 Å². The minimum Gasteiger partial charge on any atom is -0.496 e. The van der Waals surface area contributed by atoms with Crippen molar-refractivity contribution in [3.05, 3.63) is 65.7 Å². The van der Waals surface area contributed by atoms with Gasteiger partial charge in [-0.25, -0.2) is 4.79 Å². The van der Waals surface area contributed by atoms with Gasteiger partial charge in [-0.05, 0) is 24.6 Å². The van der Waals surface area contributed by atoms with Gasteiger partial charge in [0.05, 0.1) is 18.7 Å². The number of nitrogens with one attached hydrogen (secondary N) is 1. The zero-order valence-electron chi connectivity index (χ0n) is 13.1. The molecule has 2 rings (SSSR count). The first kappa shape index (κ1) is 16.5. The zero-order chi connectivity index (χ0) is 16.7. The molecule has 5 nitrogen and oxygen atoms in total. The molecule has 0 bridgehead atoms. The highest BCUT2D eigenvalue weighted by Gasteiger charge is 2.20. The second kappa shape index (κ2) is 7.98. The monoisotopic (exact) mass is 313 g/mol. The largest absolute Gasteiger partial charge is 0.496 e. The summed E-state index contributed by atoms with van der Waals surface area (Å²) in [7, 11) is 1.50. The number of para-hydroxylation sites is 1. The van der Waals surface area contributed by atoms with Crippen LogP contribution >= 0.6 is 0 Å². The Bertz CT molecular complexity index is 670. The fourth-order valence-corrected chi connectivity index (χ4v) is 2.09. The molecule has 0 heterocycles. The molecule has 0 radical (unpaired) electrons. The highest BCUT2D eigenvalue weighted by Crippen LogP contribution is 2.19. The molecule has 0 saturated heterocycles. The van der Waals surface area contributed by atoms with E-state index in [1.807, 2.05) is 30.3 Å². The van der Waals surface area contributed by atoms with Gasteiger partial charge in [-0.1, -0.05) is 42.5 Å². The number of carbonyl (C=O) groups excluding carboxylic acids is 2. The Morgan fingerprint density at radius 3 is 2.39 bits per heavy atom. The highest BCUT2D eigenvalue weighted by atomic mass is 16.5. The van der Waals surface area contributed by atoms with Crippen molar-refractivity contribution in [3.8, 4) is 5.75 Å². The number of rotatable bonds is 6. The van der Waals surface area contributed by atoms with E-state index in [0.29, 0.717) is 11.3 Å². The maximum absolute atomic E-state index is 12.4. The van der Waals surface area contributed by atoms with E-state index in [0.717, 1.165) is 5.56 Å². The van der Waals surface area contributed by atoms with Crippen molar-refractivity contribution in [2.45, 2.75) is 19.6 Å². The summed E-state index contributed by atoms with van der Waals surface area (Å²) in [5.41, 5.74) is 1.30. The lowest BCUT2D eigenvalue weighted by Crippen LogP contribution is -2.38. The maximum atomic E-state index is 12.4. The molecule has 0 spiro atoms. The molecule has 1 atom stereocenters. The third-order valence-electron chi connectivity index (χ3n) is 3.31. The molecule has 2 aromatic rings. The Labute approximate surface area is 135 Å². The molecule has 0 saturated carbocycles. The van der Waals surface area contributed by atoms with Gasteiger partial charge in [0.2, 0.25) is 0 Å². The summed E-state index contributed by atoms with van der Waals surface area (Å²) < 4.78 is 10.3. The fourth-order valence-electron chi connectivity index (χ4n) is 2.09. The van der Waals surface area contributed by atoms with Gasteiger partial charge in [0.15, 0.2) is 5.78 Å². The van der Waals surface area contributed by atoms with Gasteiger partial charge in [0.25, 0.3) is 0 Å². The molecule has 1 amide bonds. The summed E-state index contributed by atoms with van der Waals surface area (Å²) in [4.78, 5) is 24.2. The molecule has 120 valence electrons. The highest BCUT2D eigenvalue weighted by molar-refractivity contribution is 6.03. The van der Waals surface area contributed by atoms with Crippen LogP contribution in [0.1, 0.15) is 22.8 Å². The average molecular weight is 313 g/mol. The zero-order valence-corrected chi connectivity index (χ0v) is 13.1. The molecular weight excluding hydrogens is 294 g/mol. The van der Waals surface area contributed by atoms with Crippen molar-refractivity contribution in [3.63, 3.8) is 0 Å². The second-order valence-corrected chi connectivity index (χ2v) is 4.99. The molecular formula is C18H19NO4. The van der Waals surface area contributed by atoms with E-state index in [2.05, 4.69) is 5.32 Å². The smallest absolute Gasteiger partial charge is 0.408 e. The van der Waals surface area contributed by atoms with E-state index in [-0.39, 0.29) is 12.4 Å². The molecule has 0 aromatic heterocycles. The third kappa shape index (κ3) is 4.57. The van der Waals surface area contributed by atoms with Crippen LogP contribution in [0, 0.1) is 0 Å². The lowest BCUT2D eigenvalue weighted by Gasteiger charge is -2.15. The Morgan fingerprint density at radius 1 is 1.04 bits per heavy atom. The van der Waals surface area contributed by atoms with Gasteiger partial charge in [-0.3, -0.25) is 4.79 Å². The van der Waals surface area contributed by atoms with Crippen LogP contribution in [0.15, 0.2) is 54.6 Å². The molecule has 1 unspecified atom stereocenters. The number of ether oxygens (including phenoxy) is 2. The molecule has 0 fully saturated rings. The quantitative estimate of drug-likeness (QED) is 0.832. The fraction of sp³-hybridized carbons (Fsp3) is 0.222. The van der Waals surface area contributed by atoms with Crippen molar-refractivity contribution >= 4 is 11.9 Å². The van der Waals surface area contributed by atoms with Crippen molar-refractivity contribution in [2.75, 3.05) is 7.11 Å². The van der Waals surface area contributed by atoms with Crippen molar-refractivity contribution in [1.82, 2.24) is 5.32 Å². The lowest BCUT2D eigenvalue weighted by atomic mass is 10.0. The first-order valence-electron chi connectivity index (χ1n) is 7.26. The normalized spacial score (nSPS) is 11.4. The number of hydrogen-bond acceptors (Lipinski definition) is 4. The van der Waals surface area contributed by atoms with Gasteiger partial charge in [-0.15, -0.1) is 0 Å². The summed E-state index contributed by atoms with van der Waals surface area (Å²) in [5, 5.41) is 2.53. The topological polar surface area (TPSA) is 64.6 Å². The number of Topliss-reactive ketones (excluding diaryl/α,β-unsaturated/α-hetero) is 1. The Hall–Kier alpha value is -2.82. The number of hydrogen-bond donors (Lipinski definition) is 1. The number of ketones is 1. The number of carbonyl (C=O) groups is 2. The van der Waals surface area contributed by atoms with Crippen LogP contribution in [0.2, 0.25) is 0 Å². The Morgan fingerprint density at radius 2 is 1.70 bits per heavy atom. The molecule has 23 heavy (non-hydrogen) atoms. The van der Waals surface area contributed by atoms with Crippen LogP contribution in [-0.2, 0) is 11.3 Å². The van der Waals surface area contributed by atoms with Crippen LogP contribution in [0.4, 0.5) is 4.79 Å². The summed E-state index contributed by atoms with van der Waals surface area (Å²) in [6, 6.07) is 15.5. The Balaban J connectivity index is 1.91. The predicted octanol–water partition coefficient (Wildman–Crippen LogP) is 3.19. The van der Waals surface area contributed by atoms with Crippen LogP contribution in [0.5, 0.6) is 5.75 Å². The SMILES string of the molecule is COc1ccccc1C(=O)C(C)NC(=O)OCc1ccccc1. The van der Waals surface area contributed by atoms with Crippen molar-refractivity contribution in [1.29, 1.82) is 0 Å². The number of amides is 1. The first-order valence-corrected chi connectivity index (χ1v) is 7.26. The molecule has 1 N–H and O–H groups in total. The van der Waals surface area contributed by atoms with Gasteiger partial charge < -0.3 is 14.8 Å². The number of benzene rings is 2. The van der Waals surface area contributed by atoms with Gasteiger partial charge >= 0.3 is 6.09 Å². The van der Waals surface area contributed by atoms with Gasteiger partial charge in [0, 0.05) is 0 Å². The number of methoxy groups -OCH3 is 1.